The number of thioether (sulfide) groups is 1. The number of hydrogen-bond donors (Lipinski definition) is 0. The van der Waals surface area contributed by atoms with E-state index in [9.17, 15) is 13.2 Å². The van der Waals surface area contributed by atoms with E-state index in [2.05, 4.69) is 17.6 Å². The third kappa shape index (κ3) is 6.74. The summed E-state index contributed by atoms with van der Waals surface area (Å²) in [5.74, 6) is 0.105. The molecule has 0 aliphatic heterocycles. The zero-order valence-electron chi connectivity index (χ0n) is 17.7. The Bertz CT molecular complexity index is 1400. The Morgan fingerprint density at radius 2 is 2.00 bits per heavy atom. The molecule has 0 N–H and O–H groups in total. The zero-order valence-corrected chi connectivity index (χ0v) is 20.2. The molecule has 0 radical (unpaired) electrons. The molecule has 0 atom stereocenters. The fourth-order valence-electron chi connectivity index (χ4n) is 2.77. The highest BCUT2D eigenvalue weighted by molar-refractivity contribution is 8.14. The lowest BCUT2D eigenvalue weighted by Crippen LogP contribution is -2.19. The molecule has 0 unspecified atom stereocenters. The number of aromatic nitrogens is 1. The van der Waals surface area contributed by atoms with Gasteiger partial charge in [0.1, 0.15) is 6.61 Å². The Morgan fingerprint density at radius 3 is 2.67 bits per heavy atom. The Kier molecular flexibility index (Phi) is 8.02. The molecule has 0 saturated carbocycles. The zero-order chi connectivity index (χ0) is 24.0. The second-order valence-corrected chi connectivity index (χ2v) is 10.9. The summed E-state index contributed by atoms with van der Waals surface area (Å²) >= 11 is 6.29. The molecule has 3 aromatic rings. The fourth-order valence-corrected chi connectivity index (χ4v) is 5.36. The van der Waals surface area contributed by atoms with Crippen molar-refractivity contribution in [3.63, 3.8) is 0 Å². The molecule has 10 heteroatoms. The van der Waals surface area contributed by atoms with Crippen molar-refractivity contribution in [1.29, 1.82) is 5.26 Å². The van der Waals surface area contributed by atoms with Crippen LogP contribution in [-0.4, -0.2) is 42.4 Å². The minimum Gasteiger partial charge on any atom is -0.477 e. The second-order valence-electron chi connectivity index (χ2n) is 7.11. The predicted octanol–water partition coefficient (Wildman–Crippen LogP) is 4.73. The molecule has 7 nitrogen and oxygen atoms in total. The molecule has 3 rings (SSSR count). The smallest absolute Gasteiger partial charge is 0.214 e. The molecule has 0 bridgehead atoms. The van der Waals surface area contributed by atoms with E-state index in [0.29, 0.717) is 27.7 Å². The number of ether oxygens (including phenoxy) is 1. The van der Waals surface area contributed by atoms with Gasteiger partial charge in [-0.1, -0.05) is 30.5 Å². The normalized spacial score (nSPS) is 11.2. The summed E-state index contributed by atoms with van der Waals surface area (Å²) < 4.78 is 35.9. The average Bonchev–Trinajstić information content (AvgIpc) is 2.78. The van der Waals surface area contributed by atoms with Gasteiger partial charge in [-0.25, -0.2) is 13.4 Å². The van der Waals surface area contributed by atoms with Crippen molar-refractivity contribution in [2.24, 2.45) is 0 Å². The van der Waals surface area contributed by atoms with Crippen LogP contribution in [0, 0.1) is 16.0 Å². The van der Waals surface area contributed by atoms with Crippen LogP contribution in [0.5, 0.6) is 5.88 Å². The molecule has 0 aliphatic carbocycles. The van der Waals surface area contributed by atoms with Gasteiger partial charge in [-0.15, -0.1) is 0 Å². The van der Waals surface area contributed by atoms with Crippen LogP contribution in [0.25, 0.3) is 22.1 Å². The Labute approximate surface area is 201 Å². The van der Waals surface area contributed by atoms with Crippen LogP contribution in [0.2, 0.25) is 0 Å². The van der Waals surface area contributed by atoms with Crippen LogP contribution >= 0.6 is 24.0 Å². The fraction of sp³-hybridized carbons (Fsp3) is 0.217. The van der Waals surface area contributed by atoms with Crippen molar-refractivity contribution in [2.45, 2.75) is 6.92 Å². The van der Waals surface area contributed by atoms with Crippen molar-refractivity contribution in [3.8, 4) is 23.1 Å². The molecule has 1 aromatic carbocycles. The minimum absolute atomic E-state index is 0.0708. The van der Waals surface area contributed by atoms with E-state index in [1.165, 1.54) is 6.20 Å². The van der Waals surface area contributed by atoms with Crippen molar-refractivity contribution in [2.75, 3.05) is 23.9 Å². The van der Waals surface area contributed by atoms with Crippen LogP contribution < -0.4 is 4.74 Å². The highest BCUT2D eigenvalue weighted by atomic mass is 32.2. The van der Waals surface area contributed by atoms with E-state index in [1.54, 1.807) is 37.3 Å². The van der Waals surface area contributed by atoms with Crippen molar-refractivity contribution in [3.05, 3.63) is 65.0 Å². The van der Waals surface area contributed by atoms with Gasteiger partial charge < -0.3 is 9.15 Å². The van der Waals surface area contributed by atoms with Crippen LogP contribution in [0.3, 0.4) is 0 Å². The number of rotatable bonds is 9. The van der Waals surface area contributed by atoms with Crippen molar-refractivity contribution < 1.29 is 22.4 Å². The number of fused-ring (bicyclic) bond motifs is 1. The van der Waals surface area contributed by atoms with Gasteiger partial charge in [-0.2, -0.15) is 5.26 Å². The third-order valence-corrected chi connectivity index (χ3v) is 7.74. The minimum atomic E-state index is -3.38. The molecule has 170 valence electrons. The first kappa shape index (κ1) is 24.6. The van der Waals surface area contributed by atoms with Gasteiger partial charge in [0.15, 0.2) is 20.1 Å². The number of nitrogens with zero attached hydrogens (tertiary/aromatic N) is 2. The monoisotopic (exact) mass is 500 g/mol. The number of benzene rings is 1. The summed E-state index contributed by atoms with van der Waals surface area (Å²) in [7, 11) is -3.38. The molecule has 0 spiro atoms. The summed E-state index contributed by atoms with van der Waals surface area (Å²) in [6.07, 6.45) is 1.47. The van der Waals surface area contributed by atoms with Crippen molar-refractivity contribution in [1.82, 2.24) is 4.98 Å². The van der Waals surface area contributed by atoms with Gasteiger partial charge in [0.05, 0.1) is 29.3 Å². The predicted molar refractivity (Wildman–Crippen MR) is 131 cm³/mol. The van der Waals surface area contributed by atoms with E-state index in [1.807, 2.05) is 6.07 Å². The first-order valence-corrected chi connectivity index (χ1v) is 13.0. The number of carbonyl (C=O) groups excluding carboxylic acids is 1. The van der Waals surface area contributed by atoms with Crippen LogP contribution in [0.4, 0.5) is 0 Å². The Morgan fingerprint density at radius 1 is 1.27 bits per heavy atom. The summed E-state index contributed by atoms with van der Waals surface area (Å²) in [5, 5.41) is 9.44. The molecular formula is C23H20N2O5S3. The number of pyridine rings is 1. The molecule has 0 saturated heterocycles. The summed E-state index contributed by atoms with van der Waals surface area (Å²) in [5.41, 5.74) is 2.89. The summed E-state index contributed by atoms with van der Waals surface area (Å²) in [4.78, 5) is 15.7. The standard InChI is InChI=1S/C23H20N2O5S3/c1-15(2)22(26)32-8-10-33(27,28)9-7-29-21-12-18-11-19(23(31)30-20(18)14-25-21)17-5-3-16(13-24)4-6-17/h3-6,11-12,14H,1,7-10H2,2H3. The van der Waals surface area contributed by atoms with Crippen LogP contribution in [0.1, 0.15) is 12.5 Å². The Balaban J connectivity index is 1.67. The van der Waals surface area contributed by atoms with Gasteiger partial charge in [0, 0.05) is 22.8 Å². The van der Waals surface area contributed by atoms with Crippen LogP contribution in [0.15, 0.2) is 59.2 Å². The molecule has 2 heterocycles. The highest BCUT2D eigenvalue weighted by Gasteiger charge is 2.14. The molecule has 0 amide bonds. The SMILES string of the molecule is C=C(C)C(=O)SCCS(=O)(=O)CCOc1cc2cc(-c3ccc(C#N)cc3)c(=S)oc2cn1. The van der Waals surface area contributed by atoms with E-state index in [0.717, 1.165) is 17.3 Å². The first-order valence-electron chi connectivity index (χ1n) is 9.79. The van der Waals surface area contributed by atoms with Gasteiger partial charge in [-0.05, 0) is 48.5 Å². The largest absolute Gasteiger partial charge is 0.477 e. The lowest BCUT2D eigenvalue weighted by Gasteiger charge is -2.08. The van der Waals surface area contributed by atoms with Gasteiger partial charge in [0.25, 0.3) is 0 Å². The van der Waals surface area contributed by atoms with E-state index >= 15 is 0 Å². The van der Waals surface area contributed by atoms with Crippen LogP contribution in [-0.2, 0) is 14.6 Å². The number of sulfone groups is 1. The first-order chi connectivity index (χ1) is 15.7. The van der Waals surface area contributed by atoms with E-state index < -0.39 is 9.84 Å². The highest BCUT2D eigenvalue weighted by Crippen LogP contribution is 2.28. The number of nitriles is 1. The molecular weight excluding hydrogens is 480 g/mol. The summed E-state index contributed by atoms with van der Waals surface area (Å²) in [6.45, 7) is 5.06. The van der Waals surface area contributed by atoms with Crippen molar-refractivity contribution >= 4 is 49.9 Å². The maximum absolute atomic E-state index is 12.2. The quantitative estimate of drug-likeness (QED) is 0.304. The number of hydrogen-bond acceptors (Lipinski definition) is 9. The Hall–Kier alpha value is -3.00. The number of carbonyl (C=O) groups is 1. The van der Waals surface area contributed by atoms with Gasteiger partial charge in [-0.3, -0.25) is 4.79 Å². The molecule has 0 fully saturated rings. The van der Waals surface area contributed by atoms with E-state index in [-0.39, 0.29) is 39.6 Å². The van der Waals surface area contributed by atoms with Gasteiger partial charge >= 0.3 is 0 Å². The van der Waals surface area contributed by atoms with Gasteiger partial charge in [0.2, 0.25) is 11.0 Å². The molecule has 2 aromatic heterocycles. The lowest BCUT2D eigenvalue weighted by atomic mass is 10.1. The summed E-state index contributed by atoms with van der Waals surface area (Å²) in [6, 6.07) is 12.5. The maximum atomic E-state index is 12.2. The molecule has 33 heavy (non-hydrogen) atoms. The maximum Gasteiger partial charge on any atom is 0.214 e. The lowest BCUT2D eigenvalue weighted by molar-refractivity contribution is -0.107. The second kappa shape index (κ2) is 10.7. The topological polar surface area (TPSA) is 110 Å². The third-order valence-electron chi connectivity index (χ3n) is 4.54. The average molecular weight is 501 g/mol. The molecule has 0 aliphatic rings. The van der Waals surface area contributed by atoms with E-state index in [4.69, 9.17) is 26.6 Å².